The maximum absolute atomic E-state index is 10.9. The van der Waals surface area contributed by atoms with Crippen molar-refractivity contribution in [2.45, 2.75) is 6.42 Å². The number of aromatic nitrogens is 3. The summed E-state index contributed by atoms with van der Waals surface area (Å²) in [5.74, 6) is -0.828. The van der Waals surface area contributed by atoms with Crippen LogP contribution in [0.1, 0.15) is 5.56 Å². The van der Waals surface area contributed by atoms with Crippen LogP contribution in [0.3, 0.4) is 0 Å². The van der Waals surface area contributed by atoms with Crippen LogP contribution in [0.15, 0.2) is 97.5 Å². The van der Waals surface area contributed by atoms with E-state index in [4.69, 9.17) is 5.11 Å². The lowest BCUT2D eigenvalue weighted by atomic mass is 10.0. The van der Waals surface area contributed by atoms with Crippen LogP contribution in [0.5, 0.6) is 0 Å². The maximum atomic E-state index is 10.9. The third-order valence-electron chi connectivity index (χ3n) is 5.28. The Bertz CT molecular complexity index is 1370. The molecule has 0 unspecified atom stereocenters. The average molecular weight is 405 g/mol. The van der Waals surface area contributed by atoms with Crippen LogP contribution in [0.25, 0.3) is 39.3 Å². The third-order valence-corrected chi connectivity index (χ3v) is 5.28. The van der Waals surface area contributed by atoms with E-state index in [2.05, 4.69) is 32.6 Å². The molecule has 2 aromatic carbocycles. The summed E-state index contributed by atoms with van der Waals surface area (Å²) in [7, 11) is 0. The van der Waals surface area contributed by atoms with E-state index >= 15 is 0 Å². The van der Waals surface area contributed by atoms with E-state index in [9.17, 15) is 4.79 Å². The van der Waals surface area contributed by atoms with Crippen LogP contribution in [-0.4, -0.2) is 25.4 Å². The number of rotatable bonds is 5. The van der Waals surface area contributed by atoms with Crippen molar-refractivity contribution >= 4 is 11.6 Å². The number of fused-ring (bicyclic) bond motifs is 1. The minimum atomic E-state index is -0.828. The van der Waals surface area contributed by atoms with E-state index in [1.807, 2.05) is 79.3 Å². The molecule has 0 saturated carbocycles. The molecular weight excluding hydrogens is 386 g/mol. The van der Waals surface area contributed by atoms with Gasteiger partial charge in [-0.05, 0) is 41.0 Å². The monoisotopic (exact) mass is 405 g/mol. The van der Waals surface area contributed by atoms with Gasteiger partial charge in [-0.25, -0.2) is 4.98 Å². The molecule has 5 heteroatoms. The van der Waals surface area contributed by atoms with Crippen molar-refractivity contribution in [3.05, 3.63) is 103 Å². The van der Waals surface area contributed by atoms with Gasteiger partial charge in [0.25, 0.3) is 0 Å². The quantitative estimate of drug-likeness (QED) is 0.428. The van der Waals surface area contributed by atoms with Gasteiger partial charge < -0.3 is 5.11 Å². The fourth-order valence-corrected chi connectivity index (χ4v) is 3.72. The van der Waals surface area contributed by atoms with E-state index in [0.717, 1.165) is 44.9 Å². The zero-order valence-electron chi connectivity index (χ0n) is 16.6. The Hall–Kier alpha value is -4.25. The lowest BCUT2D eigenvalue weighted by Gasteiger charge is -2.07. The number of carbonyl (C=O) groups is 1. The molecule has 0 atom stereocenters. The largest absolute Gasteiger partial charge is 0.481 e. The van der Waals surface area contributed by atoms with E-state index in [-0.39, 0.29) is 6.42 Å². The molecule has 0 radical (unpaired) electrons. The second-order valence-corrected chi connectivity index (χ2v) is 7.35. The number of nitrogens with zero attached hydrogens (tertiary/aromatic N) is 3. The first-order valence-corrected chi connectivity index (χ1v) is 9.97. The molecule has 3 heterocycles. The molecule has 0 aliphatic carbocycles. The molecular formula is C26H19N3O2. The van der Waals surface area contributed by atoms with Crippen molar-refractivity contribution in [1.29, 1.82) is 0 Å². The highest BCUT2D eigenvalue weighted by Gasteiger charge is 2.10. The summed E-state index contributed by atoms with van der Waals surface area (Å²) in [5, 5.41) is 8.93. The van der Waals surface area contributed by atoms with Crippen LogP contribution in [0.2, 0.25) is 0 Å². The first-order valence-electron chi connectivity index (χ1n) is 9.97. The lowest BCUT2D eigenvalue weighted by Crippen LogP contribution is -1.99. The molecule has 0 bridgehead atoms. The molecule has 5 nitrogen and oxygen atoms in total. The van der Waals surface area contributed by atoms with Crippen LogP contribution in [0, 0.1) is 0 Å². The van der Waals surface area contributed by atoms with Gasteiger partial charge in [-0.3, -0.25) is 14.2 Å². The highest BCUT2D eigenvalue weighted by atomic mass is 16.4. The summed E-state index contributed by atoms with van der Waals surface area (Å²) in [4.78, 5) is 20.0. The van der Waals surface area contributed by atoms with E-state index in [0.29, 0.717) is 0 Å². The fourth-order valence-electron chi connectivity index (χ4n) is 3.72. The second kappa shape index (κ2) is 7.88. The highest BCUT2D eigenvalue weighted by molar-refractivity contribution is 5.74. The molecule has 3 aromatic heterocycles. The number of hydrogen-bond donors (Lipinski definition) is 1. The fraction of sp³-hybridized carbons (Fsp3) is 0.0385. The number of hydrogen-bond acceptors (Lipinski definition) is 3. The summed E-state index contributed by atoms with van der Waals surface area (Å²) in [6, 6.07) is 25.9. The van der Waals surface area contributed by atoms with Gasteiger partial charge in [0.1, 0.15) is 5.65 Å². The molecule has 0 aliphatic rings. The van der Waals surface area contributed by atoms with Crippen molar-refractivity contribution < 1.29 is 9.90 Å². The number of carboxylic acid groups (broad SMARTS) is 1. The molecule has 31 heavy (non-hydrogen) atoms. The Balaban J connectivity index is 1.48. The zero-order valence-corrected chi connectivity index (χ0v) is 16.6. The van der Waals surface area contributed by atoms with E-state index in [1.54, 1.807) is 0 Å². The molecule has 0 spiro atoms. The van der Waals surface area contributed by atoms with E-state index < -0.39 is 5.97 Å². The molecule has 5 rings (SSSR count). The summed E-state index contributed by atoms with van der Waals surface area (Å²) in [6.07, 6.45) is 5.74. The molecule has 0 aliphatic heterocycles. The van der Waals surface area contributed by atoms with Crippen molar-refractivity contribution in [1.82, 2.24) is 14.4 Å². The number of pyridine rings is 2. The van der Waals surface area contributed by atoms with E-state index in [1.165, 1.54) is 0 Å². The Labute approximate surface area is 179 Å². The van der Waals surface area contributed by atoms with Crippen LogP contribution < -0.4 is 0 Å². The van der Waals surface area contributed by atoms with Crippen molar-refractivity contribution in [2.75, 3.05) is 0 Å². The first-order chi connectivity index (χ1) is 15.2. The molecule has 0 amide bonds. The standard InChI is InChI=1S/C26H19N3O2/c30-26(31)14-18-6-8-19(9-7-18)21-11-13-29-24(17-28-25(29)16-21)22-10-12-27-23(15-22)20-4-2-1-3-5-20/h1-13,15-17H,14H2,(H,30,31). The van der Waals surface area contributed by atoms with Crippen molar-refractivity contribution in [2.24, 2.45) is 0 Å². The van der Waals surface area contributed by atoms with Gasteiger partial charge >= 0.3 is 5.97 Å². The normalized spacial score (nSPS) is 11.0. The zero-order chi connectivity index (χ0) is 21.2. The van der Waals surface area contributed by atoms with Crippen LogP contribution >= 0.6 is 0 Å². The Morgan fingerprint density at radius 2 is 1.61 bits per heavy atom. The molecule has 0 saturated heterocycles. The van der Waals surface area contributed by atoms with Gasteiger partial charge in [0, 0.05) is 23.5 Å². The average Bonchev–Trinajstić information content (AvgIpc) is 3.23. The number of imidazole rings is 1. The van der Waals surface area contributed by atoms with Gasteiger partial charge in [-0.15, -0.1) is 0 Å². The Kier molecular flexibility index (Phi) is 4.77. The first kappa shape index (κ1) is 18.8. The summed E-state index contributed by atoms with van der Waals surface area (Å²) in [5.41, 5.74) is 7.73. The Morgan fingerprint density at radius 1 is 0.806 bits per heavy atom. The second-order valence-electron chi connectivity index (χ2n) is 7.35. The van der Waals surface area contributed by atoms with Gasteiger partial charge in [-0.2, -0.15) is 0 Å². The lowest BCUT2D eigenvalue weighted by molar-refractivity contribution is -0.136. The summed E-state index contributed by atoms with van der Waals surface area (Å²) in [6.45, 7) is 0. The topological polar surface area (TPSA) is 67.5 Å². The molecule has 0 fully saturated rings. The number of benzene rings is 2. The molecule has 150 valence electrons. The van der Waals surface area contributed by atoms with Crippen molar-refractivity contribution in [3.8, 4) is 33.6 Å². The number of carboxylic acids is 1. The van der Waals surface area contributed by atoms with Gasteiger partial charge in [-0.1, -0.05) is 54.6 Å². The SMILES string of the molecule is O=C(O)Cc1ccc(-c2ccn3c(-c4ccnc(-c5ccccc5)c4)cnc3c2)cc1. The summed E-state index contributed by atoms with van der Waals surface area (Å²) < 4.78 is 2.06. The maximum Gasteiger partial charge on any atom is 0.307 e. The predicted octanol–water partition coefficient (Wildman–Crippen LogP) is 5.36. The van der Waals surface area contributed by atoms with Gasteiger partial charge in [0.05, 0.1) is 24.0 Å². The summed E-state index contributed by atoms with van der Waals surface area (Å²) >= 11 is 0. The highest BCUT2D eigenvalue weighted by Crippen LogP contribution is 2.27. The van der Waals surface area contributed by atoms with Gasteiger partial charge in [0.2, 0.25) is 0 Å². The Morgan fingerprint density at radius 3 is 2.39 bits per heavy atom. The van der Waals surface area contributed by atoms with Gasteiger partial charge in [0.15, 0.2) is 0 Å². The molecule has 1 N–H and O–H groups in total. The minimum absolute atomic E-state index is 0.0276. The number of aliphatic carboxylic acids is 1. The molecule has 5 aromatic rings. The third kappa shape index (κ3) is 3.81. The van der Waals surface area contributed by atoms with Crippen molar-refractivity contribution in [3.63, 3.8) is 0 Å². The van der Waals surface area contributed by atoms with Crippen LogP contribution in [0.4, 0.5) is 0 Å². The predicted molar refractivity (Wildman–Crippen MR) is 121 cm³/mol. The van der Waals surface area contributed by atoms with Crippen LogP contribution in [-0.2, 0) is 11.2 Å². The minimum Gasteiger partial charge on any atom is -0.481 e. The smallest absolute Gasteiger partial charge is 0.307 e.